The van der Waals surface area contributed by atoms with Crippen molar-refractivity contribution in [3.8, 4) is 0 Å². The van der Waals surface area contributed by atoms with Gasteiger partial charge in [-0.3, -0.25) is 4.90 Å². The summed E-state index contributed by atoms with van der Waals surface area (Å²) in [6.07, 6.45) is 4.10. The highest BCUT2D eigenvalue weighted by atomic mass is 16.6. The fraction of sp³-hybridized carbons (Fsp3) is 0.529. The summed E-state index contributed by atoms with van der Waals surface area (Å²) in [6.45, 7) is 2.68. The molecule has 2 aromatic rings. The Morgan fingerprint density at radius 1 is 1.25 bits per heavy atom. The Bertz CT molecular complexity index is 752. The molecule has 2 saturated heterocycles. The van der Waals surface area contributed by atoms with Gasteiger partial charge in [-0.15, -0.1) is 0 Å². The number of rotatable bonds is 3. The van der Waals surface area contributed by atoms with Crippen LogP contribution < -0.4 is 10.6 Å². The van der Waals surface area contributed by atoms with Gasteiger partial charge in [0.25, 0.3) is 0 Å². The molecule has 2 fully saturated rings. The van der Waals surface area contributed by atoms with Gasteiger partial charge in [0.05, 0.1) is 30.3 Å². The first-order chi connectivity index (χ1) is 11.7. The van der Waals surface area contributed by atoms with Crippen molar-refractivity contribution in [2.75, 3.05) is 30.4 Å². The average Bonchev–Trinajstić information content (AvgIpc) is 2.91. The second kappa shape index (κ2) is 6.32. The summed E-state index contributed by atoms with van der Waals surface area (Å²) in [4.78, 5) is 18.0. The maximum Gasteiger partial charge on any atom is 0.414 e. The van der Waals surface area contributed by atoms with Gasteiger partial charge in [0.2, 0.25) is 5.95 Å². The third-order valence-electron chi connectivity index (χ3n) is 4.71. The van der Waals surface area contributed by atoms with Gasteiger partial charge >= 0.3 is 6.09 Å². The second-order valence-corrected chi connectivity index (χ2v) is 6.36. The third-order valence-corrected chi connectivity index (χ3v) is 4.71. The Hall–Kier alpha value is -2.28. The van der Waals surface area contributed by atoms with Crippen LogP contribution in [-0.4, -0.2) is 41.5 Å². The van der Waals surface area contributed by atoms with E-state index in [1.165, 1.54) is 6.42 Å². The lowest BCUT2D eigenvalue weighted by molar-refractivity contribution is 0.00694. The third kappa shape index (κ3) is 2.80. The lowest BCUT2D eigenvalue weighted by atomic mass is 10.1. The second-order valence-electron chi connectivity index (χ2n) is 6.36. The zero-order chi connectivity index (χ0) is 16.5. The number of anilines is 2. The van der Waals surface area contributed by atoms with Gasteiger partial charge in [-0.2, -0.15) is 0 Å². The quantitative estimate of drug-likeness (QED) is 0.935. The molecule has 0 aliphatic carbocycles. The van der Waals surface area contributed by atoms with Crippen LogP contribution in [0.25, 0.3) is 11.0 Å². The minimum absolute atomic E-state index is 0.190. The number of nitrogens with two attached hydrogens (primary N) is 1. The predicted octanol–water partition coefficient (Wildman–Crippen LogP) is 2.53. The van der Waals surface area contributed by atoms with Gasteiger partial charge in [-0.05, 0) is 43.9 Å². The number of fused-ring (bicyclic) bond motifs is 1. The lowest BCUT2D eigenvalue weighted by Gasteiger charge is -2.26. The molecule has 128 valence electrons. The van der Waals surface area contributed by atoms with E-state index in [0.717, 1.165) is 42.6 Å². The fourth-order valence-corrected chi connectivity index (χ4v) is 3.44. The summed E-state index contributed by atoms with van der Waals surface area (Å²) >= 11 is 0. The lowest BCUT2D eigenvalue weighted by Crippen LogP contribution is -2.37. The highest BCUT2D eigenvalue weighted by Gasteiger charge is 2.23. The van der Waals surface area contributed by atoms with Gasteiger partial charge in [-0.25, -0.2) is 9.78 Å². The van der Waals surface area contributed by atoms with E-state index in [1.54, 1.807) is 4.90 Å². The van der Waals surface area contributed by atoms with Gasteiger partial charge < -0.3 is 19.8 Å². The van der Waals surface area contributed by atoms with Crippen molar-refractivity contribution < 1.29 is 14.3 Å². The van der Waals surface area contributed by atoms with Crippen LogP contribution in [0.4, 0.5) is 16.4 Å². The van der Waals surface area contributed by atoms with E-state index in [2.05, 4.69) is 4.98 Å². The molecule has 2 aliphatic rings. The molecule has 3 heterocycles. The number of imidazole rings is 1. The number of hydrogen-bond donors (Lipinski definition) is 1. The Balaban J connectivity index is 1.62. The van der Waals surface area contributed by atoms with Gasteiger partial charge in [-0.1, -0.05) is 0 Å². The Labute approximate surface area is 140 Å². The average molecular weight is 330 g/mol. The molecule has 2 aliphatic heterocycles. The van der Waals surface area contributed by atoms with Crippen LogP contribution in [-0.2, 0) is 16.0 Å². The maximum absolute atomic E-state index is 11.9. The molecular weight excluding hydrogens is 308 g/mol. The van der Waals surface area contributed by atoms with Crippen LogP contribution in [0.2, 0.25) is 0 Å². The molecule has 0 radical (unpaired) electrons. The smallest absolute Gasteiger partial charge is 0.414 e. The summed E-state index contributed by atoms with van der Waals surface area (Å²) in [7, 11) is 0. The largest absolute Gasteiger partial charge is 0.449 e. The van der Waals surface area contributed by atoms with Crippen LogP contribution in [0.5, 0.6) is 0 Å². The minimum Gasteiger partial charge on any atom is -0.449 e. The molecule has 7 nitrogen and oxygen atoms in total. The maximum atomic E-state index is 11.9. The number of hydrogen-bond acceptors (Lipinski definition) is 5. The van der Waals surface area contributed by atoms with Crippen LogP contribution in [0.1, 0.15) is 25.7 Å². The highest BCUT2D eigenvalue weighted by molar-refractivity contribution is 5.92. The molecule has 2 N–H and O–H groups in total. The minimum atomic E-state index is -0.302. The van der Waals surface area contributed by atoms with Gasteiger partial charge in [0.15, 0.2) is 0 Å². The molecule has 24 heavy (non-hydrogen) atoms. The number of aromatic nitrogens is 2. The molecular formula is C17H22N4O3. The molecule has 0 spiro atoms. The first kappa shape index (κ1) is 15.3. The molecule has 0 bridgehead atoms. The molecule has 4 rings (SSSR count). The molecule has 1 amide bonds. The topological polar surface area (TPSA) is 82.6 Å². The fourth-order valence-electron chi connectivity index (χ4n) is 3.44. The number of nitrogens with zero attached hydrogens (tertiary/aromatic N) is 3. The van der Waals surface area contributed by atoms with Crippen molar-refractivity contribution in [2.24, 2.45) is 0 Å². The van der Waals surface area contributed by atoms with Crippen molar-refractivity contribution in [3.63, 3.8) is 0 Å². The van der Waals surface area contributed by atoms with Crippen LogP contribution in [0.3, 0.4) is 0 Å². The number of benzene rings is 1. The number of ether oxygens (including phenoxy) is 2. The number of amides is 1. The van der Waals surface area contributed by atoms with E-state index in [4.69, 9.17) is 15.2 Å². The van der Waals surface area contributed by atoms with Crippen molar-refractivity contribution in [3.05, 3.63) is 18.2 Å². The van der Waals surface area contributed by atoms with Crippen LogP contribution in [0, 0.1) is 0 Å². The van der Waals surface area contributed by atoms with Gasteiger partial charge in [0, 0.05) is 18.8 Å². The summed E-state index contributed by atoms with van der Waals surface area (Å²) < 4.78 is 12.9. The monoisotopic (exact) mass is 330 g/mol. The molecule has 1 unspecified atom stereocenters. The van der Waals surface area contributed by atoms with Crippen molar-refractivity contribution >= 4 is 28.8 Å². The van der Waals surface area contributed by atoms with E-state index < -0.39 is 0 Å². The van der Waals surface area contributed by atoms with E-state index >= 15 is 0 Å². The van der Waals surface area contributed by atoms with Crippen molar-refractivity contribution in [1.82, 2.24) is 9.55 Å². The first-order valence-electron chi connectivity index (χ1n) is 8.54. The number of nitrogen functional groups attached to an aromatic ring is 1. The molecule has 1 aromatic heterocycles. The zero-order valence-corrected chi connectivity index (χ0v) is 13.6. The number of carbonyl (C=O) groups excluding carboxylic acids is 1. The number of cyclic esters (lactones) is 1. The van der Waals surface area contributed by atoms with E-state index in [0.29, 0.717) is 25.6 Å². The van der Waals surface area contributed by atoms with Crippen molar-refractivity contribution in [1.29, 1.82) is 0 Å². The predicted molar refractivity (Wildman–Crippen MR) is 91.0 cm³/mol. The Morgan fingerprint density at radius 3 is 2.96 bits per heavy atom. The summed E-state index contributed by atoms with van der Waals surface area (Å²) in [5, 5.41) is 0. The van der Waals surface area contributed by atoms with E-state index in [9.17, 15) is 4.79 Å². The summed E-state index contributed by atoms with van der Waals surface area (Å²) in [6, 6.07) is 5.80. The molecule has 7 heteroatoms. The Kier molecular flexibility index (Phi) is 4.02. The van der Waals surface area contributed by atoms with Crippen molar-refractivity contribution in [2.45, 2.75) is 38.3 Å². The Morgan fingerprint density at radius 2 is 2.17 bits per heavy atom. The zero-order valence-electron chi connectivity index (χ0n) is 13.6. The molecule has 1 aromatic carbocycles. The summed E-state index contributed by atoms with van der Waals surface area (Å²) in [5.74, 6) is 0.484. The van der Waals surface area contributed by atoms with Crippen LogP contribution >= 0.6 is 0 Å². The SMILES string of the molecule is Nc1nc2cc(N3CCCOC3=O)ccc2n1CC1CCCCO1. The summed E-state index contributed by atoms with van der Waals surface area (Å²) in [5.41, 5.74) is 8.67. The normalized spacial score (nSPS) is 21.9. The van der Waals surface area contributed by atoms with Crippen LogP contribution in [0.15, 0.2) is 18.2 Å². The van der Waals surface area contributed by atoms with E-state index in [-0.39, 0.29) is 12.2 Å². The number of carbonyl (C=O) groups is 1. The first-order valence-corrected chi connectivity index (χ1v) is 8.54. The van der Waals surface area contributed by atoms with E-state index in [1.807, 2.05) is 22.8 Å². The molecule has 1 atom stereocenters. The molecule has 0 saturated carbocycles. The van der Waals surface area contributed by atoms with Gasteiger partial charge in [0.1, 0.15) is 0 Å². The standard InChI is InChI=1S/C17H22N4O3/c18-16-19-14-10-12(20-7-3-9-24-17(20)22)5-6-15(14)21(16)11-13-4-1-2-8-23-13/h5-6,10,13H,1-4,7-9,11H2,(H2,18,19). The highest BCUT2D eigenvalue weighted by Crippen LogP contribution is 2.27.